The Balaban J connectivity index is 1.91. The molecule has 0 radical (unpaired) electrons. The van der Waals surface area contributed by atoms with E-state index < -0.39 is 0 Å². The zero-order chi connectivity index (χ0) is 11.4. The van der Waals surface area contributed by atoms with Gasteiger partial charge in [0.1, 0.15) is 0 Å². The van der Waals surface area contributed by atoms with Gasteiger partial charge in [0.2, 0.25) is 0 Å². The van der Waals surface area contributed by atoms with Crippen LogP contribution in [-0.4, -0.2) is 25.3 Å². The van der Waals surface area contributed by atoms with Gasteiger partial charge in [0, 0.05) is 12.6 Å². The fourth-order valence-electron chi connectivity index (χ4n) is 3.48. The molecule has 94 valence electrons. The summed E-state index contributed by atoms with van der Waals surface area (Å²) < 4.78 is 6.07. The molecule has 1 heterocycles. The summed E-state index contributed by atoms with van der Waals surface area (Å²) >= 11 is 0. The molecule has 16 heavy (non-hydrogen) atoms. The lowest BCUT2D eigenvalue weighted by Crippen LogP contribution is -2.51. The Morgan fingerprint density at radius 2 is 2.00 bits per heavy atom. The first-order valence-corrected chi connectivity index (χ1v) is 7.06. The molecule has 0 bridgehead atoms. The summed E-state index contributed by atoms with van der Waals surface area (Å²) in [4.78, 5) is 0. The molecule has 0 aromatic rings. The van der Waals surface area contributed by atoms with Crippen LogP contribution in [0.3, 0.4) is 0 Å². The van der Waals surface area contributed by atoms with E-state index in [4.69, 9.17) is 4.74 Å². The van der Waals surface area contributed by atoms with Crippen molar-refractivity contribution in [2.45, 2.75) is 69.9 Å². The first kappa shape index (κ1) is 12.4. The van der Waals surface area contributed by atoms with Gasteiger partial charge in [-0.3, -0.25) is 0 Å². The highest BCUT2D eigenvalue weighted by molar-refractivity contribution is 4.92. The smallest absolute Gasteiger partial charge is 0.0806 e. The van der Waals surface area contributed by atoms with E-state index in [1.54, 1.807) is 0 Å². The molecule has 2 heteroatoms. The third kappa shape index (κ3) is 2.78. The molecular formula is C14H27NO. The second-order valence-electron chi connectivity index (χ2n) is 5.85. The van der Waals surface area contributed by atoms with Crippen molar-refractivity contribution >= 4 is 0 Å². The summed E-state index contributed by atoms with van der Waals surface area (Å²) in [6, 6.07) is 0.552. The second-order valence-corrected chi connectivity index (χ2v) is 5.85. The average Bonchev–Trinajstić information content (AvgIpc) is 2.79. The summed E-state index contributed by atoms with van der Waals surface area (Å²) in [6.45, 7) is 3.27. The fourth-order valence-corrected chi connectivity index (χ4v) is 3.48. The predicted molar refractivity (Wildman–Crippen MR) is 67.6 cm³/mol. The van der Waals surface area contributed by atoms with Gasteiger partial charge < -0.3 is 10.1 Å². The van der Waals surface area contributed by atoms with Crippen LogP contribution in [0.15, 0.2) is 0 Å². The standard InChI is InChI=1S/C14H27NO/c1-14(9-5-6-10-16-14)13(15-2)11-12-7-3-4-8-12/h12-13,15H,3-11H2,1-2H3. The molecule has 1 aliphatic heterocycles. The summed E-state index contributed by atoms with van der Waals surface area (Å²) in [5.41, 5.74) is 0.0928. The Morgan fingerprint density at radius 3 is 2.56 bits per heavy atom. The van der Waals surface area contributed by atoms with Crippen LogP contribution in [0.2, 0.25) is 0 Å². The van der Waals surface area contributed by atoms with Gasteiger partial charge in [-0.1, -0.05) is 25.7 Å². The van der Waals surface area contributed by atoms with Crippen molar-refractivity contribution in [3.63, 3.8) is 0 Å². The monoisotopic (exact) mass is 225 g/mol. The molecule has 1 saturated heterocycles. The first-order chi connectivity index (χ1) is 7.74. The van der Waals surface area contributed by atoms with E-state index in [1.807, 2.05) is 0 Å². The van der Waals surface area contributed by atoms with Crippen LogP contribution in [0.1, 0.15) is 58.3 Å². The predicted octanol–water partition coefficient (Wildman–Crippen LogP) is 3.11. The summed E-state index contributed by atoms with van der Waals surface area (Å²) in [7, 11) is 2.10. The molecule has 0 amide bonds. The summed E-state index contributed by atoms with van der Waals surface area (Å²) in [5.74, 6) is 0.944. The van der Waals surface area contributed by atoms with Crippen molar-refractivity contribution in [3.05, 3.63) is 0 Å². The number of hydrogen-bond donors (Lipinski definition) is 1. The molecular weight excluding hydrogens is 198 g/mol. The lowest BCUT2D eigenvalue weighted by Gasteiger charge is -2.41. The lowest BCUT2D eigenvalue weighted by molar-refractivity contribution is -0.0912. The molecule has 1 N–H and O–H groups in total. The van der Waals surface area contributed by atoms with Gasteiger partial charge in [-0.15, -0.1) is 0 Å². The van der Waals surface area contributed by atoms with E-state index in [2.05, 4.69) is 19.3 Å². The van der Waals surface area contributed by atoms with E-state index in [1.165, 1.54) is 51.4 Å². The summed E-state index contributed by atoms with van der Waals surface area (Å²) in [5, 5.41) is 3.51. The zero-order valence-corrected chi connectivity index (χ0v) is 10.9. The Labute approximate surface area is 100 Å². The SMILES string of the molecule is CNC(CC1CCCC1)C1(C)CCCCO1. The topological polar surface area (TPSA) is 21.3 Å². The van der Waals surface area contributed by atoms with Crippen molar-refractivity contribution in [1.82, 2.24) is 5.32 Å². The molecule has 1 aliphatic carbocycles. The largest absolute Gasteiger partial charge is 0.374 e. The second kappa shape index (κ2) is 5.50. The van der Waals surface area contributed by atoms with Gasteiger partial charge in [0.15, 0.2) is 0 Å². The molecule has 0 spiro atoms. The quantitative estimate of drug-likeness (QED) is 0.794. The highest BCUT2D eigenvalue weighted by Gasteiger charge is 2.37. The number of hydrogen-bond acceptors (Lipinski definition) is 2. The highest BCUT2D eigenvalue weighted by Crippen LogP contribution is 2.35. The van der Waals surface area contributed by atoms with E-state index in [-0.39, 0.29) is 5.60 Å². The van der Waals surface area contributed by atoms with E-state index in [0.29, 0.717) is 6.04 Å². The van der Waals surface area contributed by atoms with E-state index >= 15 is 0 Å². The van der Waals surface area contributed by atoms with Crippen LogP contribution in [0, 0.1) is 5.92 Å². The van der Waals surface area contributed by atoms with Gasteiger partial charge in [-0.2, -0.15) is 0 Å². The van der Waals surface area contributed by atoms with Gasteiger partial charge in [0.05, 0.1) is 5.60 Å². The molecule has 0 aromatic heterocycles. The molecule has 2 unspecified atom stereocenters. The molecule has 2 aliphatic rings. The Morgan fingerprint density at radius 1 is 1.25 bits per heavy atom. The molecule has 2 fully saturated rings. The number of rotatable bonds is 4. The fraction of sp³-hybridized carbons (Fsp3) is 1.00. The maximum atomic E-state index is 6.07. The Kier molecular flexibility index (Phi) is 4.26. The first-order valence-electron chi connectivity index (χ1n) is 7.06. The maximum Gasteiger partial charge on any atom is 0.0806 e. The average molecular weight is 225 g/mol. The molecule has 2 nitrogen and oxygen atoms in total. The normalized spacial score (nSPS) is 34.1. The minimum Gasteiger partial charge on any atom is -0.374 e. The van der Waals surface area contributed by atoms with Crippen molar-refractivity contribution in [1.29, 1.82) is 0 Å². The van der Waals surface area contributed by atoms with Crippen LogP contribution in [0.5, 0.6) is 0 Å². The van der Waals surface area contributed by atoms with Gasteiger partial charge in [0.25, 0.3) is 0 Å². The Bertz CT molecular complexity index is 205. The molecule has 2 atom stereocenters. The van der Waals surface area contributed by atoms with Gasteiger partial charge in [-0.05, 0) is 45.6 Å². The van der Waals surface area contributed by atoms with Gasteiger partial charge >= 0.3 is 0 Å². The number of ether oxygens (including phenoxy) is 1. The van der Waals surface area contributed by atoms with Crippen LogP contribution in [0.25, 0.3) is 0 Å². The van der Waals surface area contributed by atoms with Crippen molar-refractivity contribution in [2.75, 3.05) is 13.7 Å². The molecule has 1 saturated carbocycles. The van der Waals surface area contributed by atoms with Crippen LogP contribution in [-0.2, 0) is 4.74 Å². The van der Waals surface area contributed by atoms with Crippen molar-refractivity contribution < 1.29 is 4.74 Å². The summed E-state index contributed by atoms with van der Waals surface area (Å²) in [6.07, 6.45) is 10.9. The van der Waals surface area contributed by atoms with Crippen LogP contribution < -0.4 is 5.32 Å². The van der Waals surface area contributed by atoms with Crippen LogP contribution in [0.4, 0.5) is 0 Å². The van der Waals surface area contributed by atoms with E-state index in [0.717, 1.165) is 12.5 Å². The van der Waals surface area contributed by atoms with Gasteiger partial charge in [-0.25, -0.2) is 0 Å². The van der Waals surface area contributed by atoms with E-state index in [9.17, 15) is 0 Å². The van der Waals surface area contributed by atoms with Crippen molar-refractivity contribution in [2.24, 2.45) is 5.92 Å². The lowest BCUT2D eigenvalue weighted by atomic mass is 9.82. The zero-order valence-electron chi connectivity index (χ0n) is 10.9. The highest BCUT2D eigenvalue weighted by atomic mass is 16.5. The minimum absolute atomic E-state index is 0.0928. The molecule has 0 aromatic carbocycles. The maximum absolute atomic E-state index is 6.07. The number of likely N-dealkylation sites (N-methyl/N-ethyl adjacent to an activating group) is 1. The van der Waals surface area contributed by atoms with Crippen molar-refractivity contribution in [3.8, 4) is 0 Å². The third-order valence-corrected chi connectivity index (χ3v) is 4.63. The Hall–Kier alpha value is -0.0800. The third-order valence-electron chi connectivity index (χ3n) is 4.63. The minimum atomic E-state index is 0.0928. The number of nitrogens with one attached hydrogen (secondary N) is 1. The van der Waals surface area contributed by atoms with Crippen LogP contribution >= 0.6 is 0 Å². The molecule has 2 rings (SSSR count).